The van der Waals surface area contributed by atoms with Crippen molar-refractivity contribution in [1.82, 2.24) is 0 Å². The summed E-state index contributed by atoms with van der Waals surface area (Å²) in [7, 11) is 0. The van der Waals surface area contributed by atoms with Crippen molar-refractivity contribution < 1.29 is 28.6 Å². The van der Waals surface area contributed by atoms with Crippen LogP contribution in [-0.2, 0) is 23.8 Å². The summed E-state index contributed by atoms with van der Waals surface area (Å²) in [4.78, 5) is 17.9. The minimum atomic E-state index is -0.661. The number of fused-ring (bicyclic) bond motifs is 1. The lowest BCUT2D eigenvalue weighted by molar-refractivity contribution is -0.190. The maximum absolute atomic E-state index is 12.5. The molecule has 7 nitrogen and oxygen atoms in total. The fraction of sp³-hybridized carbons (Fsp3) is 0.290. The maximum Gasteiger partial charge on any atom is 0.313 e. The van der Waals surface area contributed by atoms with Gasteiger partial charge >= 0.3 is 5.97 Å². The number of nitrogens with zero attached hydrogens (tertiary/aromatic N) is 1. The minimum Gasteiger partial charge on any atom is -0.465 e. The molecule has 2 heterocycles. The first-order chi connectivity index (χ1) is 18.4. The number of hydrogen-bond acceptors (Lipinski definition) is 7. The molecule has 2 fully saturated rings. The smallest absolute Gasteiger partial charge is 0.313 e. The number of allylic oxidation sites excluding steroid dienone is 6. The summed E-state index contributed by atoms with van der Waals surface area (Å²) in [6.45, 7) is 4.37. The van der Waals surface area contributed by atoms with Gasteiger partial charge in [0.25, 0.3) is 6.29 Å². The Labute approximate surface area is 221 Å². The van der Waals surface area contributed by atoms with Gasteiger partial charge in [0.05, 0.1) is 18.4 Å². The zero-order valence-electron chi connectivity index (χ0n) is 21.4. The summed E-state index contributed by atoms with van der Waals surface area (Å²) >= 11 is 0. The number of carbonyl (C=O) groups is 1. The van der Waals surface area contributed by atoms with E-state index in [1.165, 1.54) is 11.1 Å². The summed E-state index contributed by atoms with van der Waals surface area (Å²) < 4.78 is 22.5. The first-order valence-corrected chi connectivity index (χ1v) is 12.8. The van der Waals surface area contributed by atoms with Gasteiger partial charge in [0, 0.05) is 0 Å². The van der Waals surface area contributed by atoms with Gasteiger partial charge in [-0.1, -0.05) is 65.3 Å². The molecule has 0 aromatic heterocycles. The third-order valence-electron chi connectivity index (χ3n) is 7.01. The number of carbonyl (C=O) groups excluding carboxylic acids is 1. The van der Waals surface area contributed by atoms with E-state index in [2.05, 4.69) is 29.4 Å². The van der Waals surface area contributed by atoms with E-state index >= 15 is 0 Å². The number of oxime groups is 1. The van der Waals surface area contributed by atoms with Gasteiger partial charge in [-0.3, -0.25) is 4.79 Å². The Hall–Kier alpha value is -3.94. The average Bonchev–Trinajstić information content (AvgIpc) is 3.47. The van der Waals surface area contributed by atoms with Crippen molar-refractivity contribution in [1.29, 1.82) is 0 Å². The van der Waals surface area contributed by atoms with Crippen molar-refractivity contribution in [2.75, 3.05) is 13.2 Å². The molecule has 0 bridgehead atoms. The molecule has 6 rings (SSSR count). The van der Waals surface area contributed by atoms with Crippen LogP contribution in [0, 0.1) is 5.92 Å². The molecule has 0 amide bonds. The predicted octanol–water partition coefficient (Wildman–Crippen LogP) is 5.70. The van der Waals surface area contributed by atoms with E-state index in [0.29, 0.717) is 31.8 Å². The first kappa shape index (κ1) is 24.4. The Morgan fingerprint density at radius 1 is 1.08 bits per heavy atom. The highest BCUT2D eigenvalue weighted by molar-refractivity contribution is 5.94. The number of cyclic esters (lactones) is 1. The topological polar surface area (TPSA) is 75.6 Å². The second kappa shape index (κ2) is 10.1. The standard InChI is InChI=1S/C31H29NO6/c1-31(2)36-19-28(37-31)38-32-16-20-7-6-10-24(14-20)34-17-21-11-12-25-23(13-21)15-26-27(18-35-30(26)33)29(25)22-8-4-3-5-9-22/h3-12,14,16-17,26,28H,13,15,18-19H2,1-2H3/t26?,28-/m0/s1. The Morgan fingerprint density at radius 3 is 2.76 bits per heavy atom. The molecule has 4 aliphatic rings. The summed E-state index contributed by atoms with van der Waals surface area (Å²) in [5.41, 5.74) is 7.63. The molecule has 2 atom stereocenters. The second-order valence-corrected chi connectivity index (χ2v) is 10.1. The van der Waals surface area contributed by atoms with Crippen molar-refractivity contribution in [2.45, 2.75) is 38.8 Å². The molecule has 0 radical (unpaired) electrons. The molecule has 0 saturated carbocycles. The van der Waals surface area contributed by atoms with Crippen LogP contribution < -0.4 is 4.74 Å². The highest BCUT2D eigenvalue weighted by Crippen LogP contribution is 2.47. The van der Waals surface area contributed by atoms with Crippen molar-refractivity contribution in [3.8, 4) is 5.75 Å². The Morgan fingerprint density at radius 2 is 1.95 bits per heavy atom. The van der Waals surface area contributed by atoms with Gasteiger partial charge in [0.1, 0.15) is 19.0 Å². The lowest BCUT2D eigenvalue weighted by atomic mass is 9.74. The summed E-state index contributed by atoms with van der Waals surface area (Å²) in [5, 5.41) is 4.03. The quantitative estimate of drug-likeness (QED) is 0.215. The number of esters is 1. The van der Waals surface area contributed by atoms with Crippen LogP contribution in [0.4, 0.5) is 0 Å². The molecule has 7 heteroatoms. The van der Waals surface area contributed by atoms with E-state index < -0.39 is 12.1 Å². The third-order valence-corrected chi connectivity index (χ3v) is 7.01. The van der Waals surface area contributed by atoms with E-state index in [4.69, 9.17) is 23.8 Å². The molecule has 1 unspecified atom stereocenters. The van der Waals surface area contributed by atoms with Crippen LogP contribution in [0.15, 0.2) is 100 Å². The van der Waals surface area contributed by atoms with E-state index in [9.17, 15) is 4.79 Å². The van der Waals surface area contributed by atoms with Gasteiger partial charge in [0.2, 0.25) is 0 Å². The largest absolute Gasteiger partial charge is 0.465 e. The molecule has 2 aromatic carbocycles. The highest BCUT2D eigenvalue weighted by Gasteiger charge is 2.39. The number of rotatable bonds is 6. The van der Waals surface area contributed by atoms with Crippen molar-refractivity contribution in [2.24, 2.45) is 11.1 Å². The van der Waals surface area contributed by atoms with Gasteiger partial charge < -0.3 is 23.8 Å². The molecule has 2 aliphatic carbocycles. The van der Waals surface area contributed by atoms with E-state index in [1.807, 2.05) is 56.3 Å². The van der Waals surface area contributed by atoms with Gasteiger partial charge in [-0.25, -0.2) is 0 Å². The van der Waals surface area contributed by atoms with Crippen LogP contribution in [0.25, 0.3) is 5.57 Å². The minimum absolute atomic E-state index is 0.130. The molecular formula is C31H29NO6. The molecule has 2 aliphatic heterocycles. The monoisotopic (exact) mass is 511 g/mol. The van der Waals surface area contributed by atoms with Crippen LogP contribution in [0.2, 0.25) is 0 Å². The zero-order chi connectivity index (χ0) is 26.1. The summed E-state index contributed by atoms with van der Waals surface area (Å²) in [5.74, 6) is -0.310. The fourth-order valence-electron chi connectivity index (χ4n) is 5.22. The molecule has 0 N–H and O–H groups in total. The second-order valence-electron chi connectivity index (χ2n) is 10.1. The van der Waals surface area contributed by atoms with Gasteiger partial charge in [-0.15, -0.1) is 0 Å². The maximum atomic E-state index is 12.5. The molecule has 0 spiro atoms. The van der Waals surface area contributed by atoms with E-state index in [1.54, 1.807) is 12.5 Å². The third kappa shape index (κ3) is 5.08. The Bertz CT molecular complexity index is 1400. The van der Waals surface area contributed by atoms with Crippen LogP contribution >= 0.6 is 0 Å². The molecule has 2 aromatic rings. The van der Waals surface area contributed by atoms with Crippen LogP contribution in [0.5, 0.6) is 5.75 Å². The lowest BCUT2D eigenvalue weighted by Crippen LogP contribution is -2.21. The van der Waals surface area contributed by atoms with Crippen molar-refractivity contribution in [3.05, 3.63) is 106 Å². The fourth-order valence-corrected chi connectivity index (χ4v) is 5.22. The summed E-state index contributed by atoms with van der Waals surface area (Å²) in [6.07, 6.45) is 8.48. The van der Waals surface area contributed by atoms with Crippen LogP contribution in [0.1, 0.15) is 37.8 Å². The zero-order valence-corrected chi connectivity index (χ0v) is 21.4. The highest BCUT2D eigenvalue weighted by atomic mass is 16.9. The average molecular weight is 512 g/mol. The summed E-state index contributed by atoms with van der Waals surface area (Å²) in [6, 6.07) is 17.8. The Balaban J connectivity index is 1.15. The molecule has 194 valence electrons. The van der Waals surface area contributed by atoms with Crippen molar-refractivity contribution >= 4 is 17.8 Å². The van der Waals surface area contributed by atoms with Crippen LogP contribution in [-0.4, -0.2) is 37.5 Å². The van der Waals surface area contributed by atoms with Gasteiger partial charge in [-0.2, -0.15) is 0 Å². The van der Waals surface area contributed by atoms with E-state index in [0.717, 1.165) is 27.8 Å². The number of hydrogen-bond donors (Lipinski definition) is 0. The van der Waals surface area contributed by atoms with E-state index in [-0.39, 0.29) is 11.9 Å². The van der Waals surface area contributed by atoms with Gasteiger partial charge in [-0.05, 0) is 72.2 Å². The predicted molar refractivity (Wildman–Crippen MR) is 142 cm³/mol. The first-order valence-electron chi connectivity index (χ1n) is 12.8. The number of ether oxygens (including phenoxy) is 4. The molecular weight excluding hydrogens is 482 g/mol. The lowest BCUT2D eigenvalue weighted by Gasteiger charge is -2.28. The Kier molecular flexibility index (Phi) is 6.47. The number of benzene rings is 2. The van der Waals surface area contributed by atoms with Gasteiger partial charge in [0.15, 0.2) is 5.79 Å². The molecule has 38 heavy (non-hydrogen) atoms. The van der Waals surface area contributed by atoms with Crippen LogP contribution in [0.3, 0.4) is 0 Å². The molecule has 2 saturated heterocycles. The normalized spacial score (nSPS) is 25.1. The SMILES string of the molecule is CC1(C)OC[C@H](ON=Cc2cccc(OC=C3C=CC4=C(C3)CC3C(=O)OCC3=C4c3ccccc3)c2)O1. The van der Waals surface area contributed by atoms with Crippen molar-refractivity contribution in [3.63, 3.8) is 0 Å².